The number of halogens is 3. The van der Waals surface area contributed by atoms with Gasteiger partial charge < -0.3 is 10.1 Å². The molecule has 3 rings (SSSR count). The summed E-state index contributed by atoms with van der Waals surface area (Å²) < 4.78 is 43.5. The fourth-order valence-electron chi connectivity index (χ4n) is 3.34. The Morgan fingerprint density at radius 1 is 0.939 bits per heavy atom. The molecular weight excluding hydrogens is 437 g/mol. The van der Waals surface area contributed by atoms with E-state index >= 15 is 0 Å². The highest BCUT2D eigenvalue weighted by molar-refractivity contribution is 6.04. The number of carbonyl (C=O) groups is 3. The molecule has 0 spiro atoms. The maximum absolute atomic E-state index is 12.9. The molecule has 1 amide bonds. The standard InChI is InChI=1S/C24H19F3N2O4/c1-14(30)21(17-9-18(13-28-12-17)23(32)33-2)15-5-4-8-20(11-15)29-22(31)16-6-3-7-19(10-16)24(25,26)27/h3-13,21H,1-2H3,(H,29,31). The van der Waals surface area contributed by atoms with Gasteiger partial charge in [0.05, 0.1) is 24.2 Å². The highest BCUT2D eigenvalue weighted by Gasteiger charge is 2.31. The number of carbonyl (C=O) groups excluding carboxylic acids is 3. The zero-order chi connectivity index (χ0) is 24.2. The van der Waals surface area contributed by atoms with Crippen molar-refractivity contribution in [2.75, 3.05) is 12.4 Å². The van der Waals surface area contributed by atoms with Crippen LogP contribution in [-0.4, -0.2) is 29.8 Å². The van der Waals surface area contributed by atoms with E-state index < -0.39 is 29.5 Å². The minimum Gasteiger partial charge on any atom is -0.465 e. The molecule has 2 aromatic carbocycles. The molecule has 0 saturated carbocycles. The lowest BCUT2D eigenvalue weighted by atomic mass is 9.88. The van der Waals surface area contributed by atoms with Crippen molar-refractivity contribution >= 4 is 23.3 Å². The lowest BCUT2D eigenvalue weighted by Gasteiger charge is -2.16. The van der Waals surface area contributed by atoms with Crippen molar-refractivity contribution < 1.29 is 32.3 Å². The van der Waals surface area contributed by atoms with E-state index in [1.165, 1.54) is 38.6 Å². The molecule has 1 aromatic heterocycles. The Morgan fingerprint density at radius 3 is 2.33 bits per heavy atom. The van der Waals surface area contributed by atoms with Gasteiger partial charge in [-0.25, -0.2) is 4.79 Å². The van der Waals surface area contributed by atoms with Crippen molar-refractivity contribution in [3.8, 4) is 0 Å². The quantitative estimate of drug-likeness (QED) is 0.536. The molecule has 0 aliphatic rings. The average Bonchev–Trinajstić information content (AvgIpc) is 2.78. The summed E-state index contributed by atoms with van der Waals surface area (Å²) >= 11 is 0. The number of anilines is 1. The van der Waals surface area contributed by atoms with Gasteiger partial charge in [0.25, 0.3) is 5.91 Å². The molecule has 1 N–H and O–H groups in total. The first-order chi connectivity index (χ1) is 15.6. The topological polar surface area (TPSA) is 85.4 Å². The van der Waals surface area contributed by atoms with Crippen molar-refractivity contribution in [3.63, 3.8) is 0 Å². The second-order valence-corrected chi connectivity index (χ2v) is 7.20. The zero-order valence-corrected chi connectivity index (χ0v) is 17.6. The van der Waals surface area contributed by atoms with Gasteiger partial charge in [-0.1, -0.05) is 18.2 Å². The molecule has 3 aromatic rings. The lowest BCUT2D eigenvalue weighted by Crippen LogP contribution is -2.15. The normalized spacial score (nSPS) is 12.0. The highest BCUT2D eigenvalue weighted by atomic mass is 19.4. The molecule has 0 radical (unpaired) electrons. The van der Waals surface area contributed by atoms with E-state index in [1.54, 1.807) is 24.3 Å². The number of ether oxygens (including phenoxy) is 1. The van der Waals surface area contributed by atoms with Crippen LogP contribution in [-0.2, 0) is 15.7 Å². The predicted octanol–water partition coefficient (Wildman–Crippen LogP) is 4.86. The molecule has 0 bridgehead atoms. The lowest BCUT2D eigenvalue weighted by molar-refractivity contribution is -0.137. The van der Waals surface area contributed by atoms with Crippen molar-refractivity contribution in [2.45, 2.75) is 19.0 Å². The number of hydrogen-bond acceptors (Lipinski definition) is 5. The molecule has 33 heavy (non-hydrogen) atoms. The third-order valence-corrected chi connectivity index (χ3v) is 4.85. The summed E-state index contributed by atoms with van der Waals surface area (Å²) in [7, 11) is 1.23. The number of ketones is 1. The van der Waals surface area contributed by atoms with Crippen molar-refractivity contribution in [2.24, 2.45) is 0 Å². The number of rotatable bonds is 6. The molecule has 0 aliphatic carbocycles. The Morgan fingerprint density at radius 2 is 1.67 bits per heavy atom. The number of pyridine rings is 1. The molecule has 0 fully saturated rings. The van der Waals surface area contributed by atoms with Gasteiger partial charge in [-0.05, 0) is 54.4 Å². The van der Waals surface area contributed by atoms with E-state index in [0.29, 0.717) is 16.8 Å². The minimum absolute atomic E-state index is 0.159. The molecular formula is C24H19F3N2O4. The summed E-state index contributed by atoms with van der Waals surface area (Å²) in [5, 5.41) is 2.55. The average molecular weight is 456 g/mol. The third kappa shape index (κ3) is 5.62. The number of alkyl halides is 3. The van der Waals surface area contributed by atoms with Crippen LogP contribution in [0.3, 0.4) is 0 Å². The summed E-state index contributed by atoms with van der Waals surface area (Å²) in [5.74, 6) is -2.35. The first-order valence-electron chi connectivity index (χ1n) is 9.72. The largest absolute Gasteiger partial charge is 0.465 e. The summed E-state index contributed by atoms with van der Waals surface area (Å²) in [6, 6.07) is 11.9. The second kappa shape index (κ2) is 9.64. The number of esters is 1. The Hall–Kier alpha value is -4.01. The molecule has 0 aliphatic heterocycles. The van der Waals surface area contributed by atoms with Crippen LogP contribution < -0.4 is 5.32 Å². The van der Waals surface area contributed by atoms with E-state index in [-0.39, 0.29) is 16.9 Å². The van der Waals surface area contributed by atoms with E-state index in [2.05, 4.69) is 15.0 Å². The van der Waals surface area contributed by atoms with Crippen LogP contribution in [0.5, 0.6) is 0 Å². The highest BCUT2D eigenvalue weighted by Crippen LogP contribution is 2.30. The van der Waals surface area contributed by atoms with Crippen molar-refractivity contribution in [1.82, 2.24) is 4.98 Å². The fraction of sp³-hybridized carbons (Fsp3) is 0.167. The maximum Gasteiger partial charge on any atom is 0.416 e. The van der Waals surface area contributed by atoms with Crippen LogP contribution in [0, 0.1) is 0 Å². The van der Waals surface area contributed by atoms with E-state index in [9.17, 15) is 27.6 Å². The van der Waals surface area contributed by atoms with Gasteiger partial charge in [0.2, 0.25) is 0 Å². The van der Waals surface area contributed by atoms with Gasteiger partial charge >= 0.3 is 12.1 Å². The summed E-state index contributed by atoms with van der Waals surface area (Å²) in [6.45, 7) is 1.38. The predicted molar refractivity (Wildman–Crippen MR) is 114 cm³/mol. The monoisotopic (exact) mass is 456 g/mol. The van der Waals surface area contributed by atoms with Crippen LogP contribution in [0.4, 0.5) is 18.9 Å². The van der Waals surface area contributed by atoms with E-state index in [1.807, 2.05) is 0 Å². The number of aromatic nitrogens is 1. The summed E-state index contributed by atoms with van der Waals surface area (Å²) in [5.41, 5.74) is 0.334. The van der Waals surface area contributed by atoms with Gasteiger partial charge in [0.1, 0.15) is 5.78 Å². The molecule has 1 heterocycles. The van der Waals surface area contributed by atoms with Crippen molar-refractivity contribution in [3.05, 3.63) is 94.8 Å². The third-order valence-electron chi connectivity index (χ3n) is 4.85. The molecule has 6 nitrogen and oxygen atoms in total. The van der Waals surface area contributed by atoms with Gasteiger partial charge in [-0.2, -0.15) is 13.2 Å². The van der Waals surface area contributed by atoms with E-state index in [0.717, 1.165) is 18.2 Å². The number of nitrogens with zero attached hydrogens (tertiary/aromatic N) is 1. The molecule has 1 unspecified atom stereocenters. The molecule has 9 heteroatoms. The number of hydrogen-bond donors (Lipinski definition) is 1. The van der Waals surface area contributed by atoms with E-state index in [4.69, 9.17) is 0 Å². The Kier molecular flexibility index (Phi) is 6.91. The Balaban J connectivity index is 1.90. The van der Waals surface area contributed by atoms with Crippen LogP contribution in [0.2, 0.25) is 0 Å². The number of benzene rings is 2. The summed E-state index contributed by atoms with van der Waals surface area (Å²) in [4.78, 5) is 40.8. The van der Waals surface area contributed by atoms with Crippen LogP contribution in [0.15, 0.2) is 67.0 Å². The minimum atomic E-state index is -4.57. The number of amides is 1. The Labute approximate surface area is 187 Å². The zero-order valence-electron chi connectivity index (χ0n) is 17.6. The summed E-state index contributed by atoms with van der Waals surface area (Å²) in [6.07, 6.45) is -1.80. The number of Topliss-reactive ketones (excluding diaryl/α,β-unsaturated/α-hetero) is 1. The van der Waals surface area contributed by atoms with Gasteiger partial charge in [0, 0.05) is 23.6 Å². The first-order valence-corrected chi connectivity index (χ1v) is 9.72. The SMILES string of the molecule is COC(=O)c1cncc(C(C(C)=O)c2cccc(NC(=O)c3cccc(C(F)(F)F)c3)c2)c1. The van der Waals surface area contributed by atoms with Crippen molar-refractivity contribution in [1.29, 1.82) is 0 Å². The smallest absolute Gasteiger partial charge is 0.416 e. The Bertz CT molecular complexity index is 1210. The second-order valence-electron chi connectivity index (χ2n) is 7.20. The molecule has 1 atom stereocenters. The number of nitrogens with one attached hydrogen (secondary N) is 1. The first kappa shape index (κ1) is 23.6. The van der Waals surface area contributed by atoms with Crippen LogP contribution >= 0.6 is 0 Å². The van der Waals surface area contributed by atoms with Gasteiger partial charge in [-0.3, -0.25) is 14.6 Å². The maximum atomic E-state index is 12.9. The van der Waals surface area contributed by atoms with Crippen LogP contribution in [0.1, 0.15) is 50.2 Å². The van der Waals surface area contributed by atoms with Gasteiger partial charge in [0.15, 0.2) is 0 Å². The number of methoxy groups -OCH3 is 1. The van der Waals surface area contributed by atoms with Crippen LogP contribution in [0.25, 0.3) is 0 Å². The fourth-order valence-corrected chi connectivity index (χ4v) is 3.34. The molecule has 0 saturated heterocycles. The molecule has 170 valence electrons. The van der Waals surface area contributed by atoms with Gasteiger partial charge in [-0.15, -0.1) is 0 Å².